The number of thioether (sulfide) groups is 1. The molecule has 0 atom stereocenters. The molecule has 146 valence electrons. The van der Waals surface area contributed by atoms with E-state index in [-0.39, 0.29) is 5.91 Å². The number of carbonyl (C=O) groups is 1. The molecule has 0 saturated heterocycles. The number of tetrazole rings is 1. The summed E-state index contributed by atoms with van der Waals surface area (Å²) >= 11 is 1.34. The molecule has 3 aromatic carbocycles. The van der Waals surface area contributed by atoms with E-state index >= 15 is 0 Å². The second-order valence-electron chi connectivity index (χ2n) is 6.79. The molecule has 2 heterocycles. The molecule has 1 aliphatic heterocycles. The number of aliphatic imine (C=N–C) groups is 1. The quantitative estimate of drug-likeness (QED) is 0.492. The van der Waals surface area contributed by atoms with Gasteiger partial charge in [-0.15, -0.1) is 5.10 Å². The fraction of sp³-hybridized carbons (Fsp3) is 0.0455. The molecule has 0 unspecified atom stereocenters. The minimum absolute atomic E-state index is 0.231. The minimum atomic E-state index is -0.231. The minimum Gasteiger partial charge on any atom is -0.334 e. The predicted octanol–water partition coefficient (Wildman–Crippen LogP) is 4.03. The highest BCUT2D eigenvalue weighted by Crippen LogP contribution is 2.30. The summed E-state index contributed by atoms with van der Waals surface area (Å²) in [5.41, 5.74) is 2.92. The number of aromatic amines is 1. The van der Waals surface area contributed by atoms with Crippen LogP contribution in [0.2, 0.25) is 0 Å². The first-order chi connectivity index (χ1) is 14.7. The Labute approximate surface area is 176 Å². The molecule has 1 amide bonds. The first kappa shape index (κ1) is 18.3. The number of benzene rings is 3. The van der Waals surface area contributed by atoms with Gasteiger partial charge in [0.25, 0.3) is 5.91 Å². The Morgan fingerprint density at radius 1 is 1.00 bits per heavy atom. The van der Waals surface area contributed by atoms with Gasteiger partial charge < -0.3 is 5.32 Å². The van der Waals surface area contributed by atoms with Gasteiger partial charge in [0.15, 0.2) is 11.0 Å². The van der Waals surface area contributed by atoms with Crippen LogP contribution in [0.25, 0.3) is 16.8 Å². The lowest BCUT2D eigenvalue weighted by Gasteiger charge is -2.05. The summed E-state index contributed by atoms with van der Waals surface area (Å²) in [5, 5.41) is 19.9. The molecule has 0 bridgehead atoms. The van der Waals surface area contributed by atoms with Gasteiger partial charge >= 0.3 is 0 Å². The Balaban J connectivity index is 1.27. The number of H-pyrrole nitrogens is 1. The summed E-state index contributed by atoms with van der Waals surface area (Å²) in [6.45, 7) is 0. The van der Waals surface area contributed by atoms with E-state index in [1.807, 2.05) is 48.5 Å². The number of anilines is 1. The molecule has 1 aromatic heterocycles. The molecule has 0 radical (unpaired) electrons. The molecule has 8 heteroatoms. The summed E-state index contributed by atoms with van der Waals surface area (Å²) in [7, 11) is 0. The lowest BCUT2D eigenvalue weighted by atomic mass is 10.1. The zero-order valence-electron chi connectivity index (χ0n) is 15.7. The number of amidine groups is 1. The maximum absolute atomic E-state index is 12.3. The summed E-state index contributed by atoms with van der Waals surface area (Å²) < 4.78 is 0. The van der Waals surface area contributed by atoms with Crippen LogP contribution in [0.5, 0.6) is 0 Å². The number of rotatable bonds is 4. The Morgan fingerprint density at radius 2 is 1.83 bits per heavy atom. The van der Waals surface area contributed by atoms with Crippen LogP contribution in [0.15, 0.2) is 76.6 Å². The van der Waals surface area contributed by atoms with Crippen molar-refractivity contribution in [1.29, 1.82) is 0 Å². The molecule has 30 heavy (non-hydrogen) atoms. The molecule has 4 aromatic rings. The van der Waals surface area contributed by atoms with Crippen LogP contribution >= 0.6 is 11.8 Å². The van der Waals surface area contributed by atoms with Gasteiger partial charge in [-0.3, -0.25) is 4.79 Å². The highest BCUT2D eigenvalue weighted by molar-refractivity contribution is 8.18. The molecule has 2 N–H and O–H groups in total. The van der Waals surface area contributed by atoms with Gasteiger partial charge in [-0.25, -0.2) is 5.10 Å². The third kappa shape index (κ3) is 3.99. The topological polar surface area (TPSA) is 95.9 Å². The van der Waals surface area contributed by atoms with Crippen molar-refractivity contribution in [1.82, 2.24) is 20.6 Å². The van der Waals surface area contributed by atoms with Crippen LogP contribution in [0.1, 0.15) is 17.0 Å². The van der Waals surface area contributed by atoms with Crippen molar-refractivity contribution in [2.24, 2.45) is 4.99 Å². The standard InChI is InChI=1S/C22H16N6OS/c29-21-19(12-15-5-8-16-3-1-2-4-17(16)11-15)30-22(24-21)23-18-9-6-14(7-10-18)13-20-25-27-28-26-20/h1-12H,13H2,(H,23,24,29)(H,25,26,27,28)/b19-12-. The first-order valence-corrected chi connectivity index (χ1v) is 10.1. The SMILES string of the molecule is O=C1N=C(Nc2ccc(Cc3nnn[nH]3)cc2)S/C1=C\c1ccc2ccccc2c1. The second-order valence-corrected chi connectivity index (χ2v) is 7.82. The second kappa shape index (κ2) is 7.92. The number of nitrogens with one attached hydrogen (secondary N) is 2. The monoisotopic (exact) mass is 412 g/mol. The van der Waals surface area contributed by atoms with E-state index in [1.54, 1.807) is 0 Å². The van der Waals surface area contributed by atoms with Crippen molar-refractivity contribution in [3.63, 3.8) is 0 Å². The van der Waals surface area contributed by atoms with E-state index in [1.165, 1.54) is 17.1 Å². The molecular formula is C22H16N6OS. The van der Waals surface area contributed by atoms with Gasteiger partial charge in [0.05, 0.1) is 4.91 Å². The number of carbonyl (C=O) groups excluding carboxylic acids is 1. The average Bonchev–Trinajstić information content (AvgIpc) is 3.39. The lowest BCUT2D eigenvalue weighted by molar-refractivity contribution is -0.113. The van der Waals surface area contributed by atoms with Crippen molar-refractivity contribution >= 4 is 45.4 Å². The van der Waals surface area contributed by atoms with Gasteiger partial charge in [-0.2, -0.15) is 4.99 Å². The number of amides is 1. The average molecular weight is 412 g/mol. The van der Waals surface area contributed by atoms with Crippen LogP contribution in [-0.2, 0) is 11.2 Å². The molecule has 0 fully saturated rings. The number of aromatic nitrogens is 4. The van der Waals surface area contributed by atoms with E-state index in [2.05, 4.69) is 55.2 Å². The third-order valence-corrected chi connectivity index (χ3v) is 5.56. The van der Waals surface area contributed by atoms with E-state index < -0.39 is 0 Å². The molecule has 0 aliphatic carbocycles. The van der Waals surface area contributed by atoms with Gasteiger partial charge in [0.2, 0.25) is 0 Å². The number of fused-ring (bicyclic) bond motifs is 1. The molecule has 7 nitrogen and oxygen atoms in total. The van der Waals surface area contributed by atoms with Crippen molar-refractivity contribution < 1.29 is 4.79 Å². The Bertz CT molecular complexity index is 1280. The maximum Gasteiger partial charge on any atom is 0.286 e. The molecular weight excluding hydrogens is 396 g/mol. The Hall–Kier alpha value is -3.78. The van der Waals surface area contributed by atoms with Gasteiger partial charge in [-0.05, 0) is 68.4 Å². The zero-order valence-corrected chi connectivity index (χ0v) is 16.6. The van der Waals surface area contributed by atoms with Crippen LogP contribution in [0.4, 0.5) is 5.69 Å². The highest BCUT2D eigenvalue weighted by Gasteiger charge is 2.22. The Kier molecular flexibility index (Phi) is 4.82. The van der Waals surface area contributed by atoms with E-state index in [4.69, 9.17) is 0 Å². The van der Waals surface area contributed by atoms with E-state index in [0.717, 1.165) is 22.2 Å². The van der Waals surface area contributed by atoms with E-state index in [9.17, 15) is 4.79 Å². The summed E-state index contributed by atoms with van der Waals surface area (Å²) in [6.07, 6.45) is 2.51. The van der Waals surface area contributed by atoms with Crippen molar-refractivity contribution in [2.75, 3.05) is 5.32 Å². The Morgan fingerprint density at radius 3 is 2.63 bits per heavy atom. The fourth-order valence-corrected chi connectivity index (χ4v) is 4.02. The van der Waals surface area contributed by atoms with Gasteiger partial charge in [0.1, 0.15) is 0 Å². The number of hydrogen-bond donors (Lipinski definition) is 2. The number of nitrogens with zero attached hydrogens (tertiary/aromatic N) is 4. The van der Waals surface area contributed by atoms with Gasteiger partial charge in [-0.1, -0.05) is 48.5 Å². The third-order valence-electron chi connectivity index (χ3n) is 4.66. The molecule has 0 saturated carbocycles. The largest absolute Gasteiger partial charge is 0.334 e. The van der Waals surface area contributed by atoms with Crippen LogP contribution < -0.4 is 5.32 Å². The molecule has 5 rings (SSSR count). The lowest BCUT2D eigenvalue weighted by Crippen LogP contribution is -2.04. The summed E-state index contributed by atoms with van der Waals surface area (Å²) in [4.78, 5) is 17.1. The van der Waals surface area contributed by atoms with E-state index in [0.29, 0.717) is 22.3 Å². The summed E-state index contributed by atoms with van der Waals surface area (Å²) in [6, 6.07) is 22.2. The smallest absolute Gasteiger partial charge is 0.286 e. The zero-order chi connectivity index (χ0) is 20.3. The molecule has 0 spiro atoms. The highest BCUT2D eigenvalue weighted by atomic mass is 32.2. The number of hydrogen-bond acceptors (Lipinski definition) is 6. The van der Waals surface area contributed by atoms with Crippen molar-refractivity contribution in [3.8, 4) is 0 Å². The predicted molar refractivity (Wildman–Crippen MR) is 119 cm³/mol. The first-order valence-electron chi connectivity index (χ1n) is 9.33. The fourth-order valence-electron chi connectivity index (χ4n) is 3.19. The van der Waals surface area contributed by atoms with Crippen LogP contribution in [-0.4, -0.2) is 31.7 Å². The maximum atomic E-state index is 12.3. The summed E-state index contributed by atoms with van der Waals surface area (Å²) in [5.74, 6) is 0.477. The van der Waals surface area contributed by atoms with Crippen LogP contribution in [0.3, 0.4) is 0 Å². The van der Waals surface area contributed by atoms with Crippen molar-refractivity contribution in [3.05, 3.63) is 88.6 Å². The van der Waals surface area contributed by atoms with Gasteiger partial charge in [0, 0.05) is 12.1 Å². The van der Waals surface area contributed by atoms with Crippen LogP contribution in [0, 0.1) is 0 Å². The molecule has 1 aliphatic rings. The normalized spacial score (nSPS) is 15.0. The van der Waals surface area contributed by atoms with Crippen molar-refractivity contribution in [2.45, 2.75) is 6.42 Å².